The first-order valence-corrected chi connectivity index (χ1v) is 8.67. The Balaban J connectivity index is 2.44. The van der Waals surface area contributed by atoms with Gasteiger partial charge in [0.25, 0.3) is 0 Å². The second-order valence-electron chi connectivity index (χ2n) is 5.23. The van der Waals surface area contributed by atoms with Crippen LogP contribution >= 0.6 is 0 Å². The van der Waals surface area contributed by atoms with Gasteiger partial charge in [0, 0.05) is 31.0 Å². The Morgan fingerprint density at radius 2 is 2.15 bits per heavy atom. The molecule has 112 valence electrons. The van der Waals surface area contributed by atoms with Gasteiger partial charge in [-0.2, -0.15) is 4.31 Å². The Morgan fingerprint density at radius 3 is 2.80 bits per heavy atom. The fraction of sp³-hybridized carbons (Fsp3) is 0.643. The lowest BCUT2D eigenvalue weighted by Gasteiger charge is -2.27. The van der Waals surface area contributed by atoms with Crippen molar-refractivity contribution in [2.45, 2.75) is 57.0 Å². The van der Waals surface area contributed by atoms with Crippen LogP contribution in [0.4, 0.5) is 5.69 Å². The molecule has 0 bridgehead atoms. The molecule has 0 radical (unpaired) electrons. The predicted molar refractivity (Wildman–Crippen MR) is 80.2 cm³/mol. The summed E-state index contributed by atoms with van der Waals surface area (Å²) in [6.45, 7) is 6.65. The smallest absolute Gasteiger partial charge is 0.247 e. The molecule has 1 aromatic rings. The van der Waals surface area contributed by atoms with Crippen LogP contribution in [0.1, 0.15) is 40.0 Å². The van der Waals surface area contributed by atoms with Crippen LogP contribution in [0.15, 0.2) is 23.4 Å². The van der Waals surface area contributed by atoms with Crippen molar-refractivity contribution in [3.05, 3.63) is 18.5 Å². The molecular formula is C14H23N3O2S. The fourth-order valence-corrected chi connectivity index (χ4v) is 4.97. The third kappa shape index (κ3) is 2.67. The largest absolute Gasteiger partial charge is 0.384 e. The second kappa shape index (κ2) is 6.10. The van der Waals surface area contributed by atoms with Crippen LogP contribution in [-0.4, -0.2) is 36.3 Å². The molecule has 1 aliphatic heterocycles. The average molecular weight is 297 g/mol. The SMILES string of the molecule is CCNc1ccncc1S(=O)(=O)N1C(C)CCC1CC. The quantitative estimate of drug-likeness (QED) is 0.907. The molecule has 2 rings (SSSR count). The molecule has 6 heteroatoms. The number of sulfonamides is 1. The summed E-state index contributed by atoms with van der Waals surface area (Å²) in [6, 6.07) is 1.88. The summed E-state index contributed by atoms with van der Waals surface area (Å²) < 4.78 is 27.6. The zero-order chi connectivity index (χ0) is 14.8. The molecule has 1 aromatic heterocycles. The van der Waals surface area contributed by atoms with Crippen molar-refractivity contribution in [1.29, 1.82) is 0 Å². The molecule has 2 atom stereocenters. The predicted octanol–water partition coefficient (Wildman–Crippen LogP) is 2.47. The third-order valence-electron chi connectivity index (χ3n) is 3.89. The van der Waals surface area contributed by atoms with Crippen molar-refractivity contribution in [1.82, 2.24) is 9.29 Å². The lowest BCUT2D eigenvalue weighted by atomic mass is 10.2. The van der Waals surface area contributed by atoms with Crippen molar-refractivity contribution in [3.8, 4) is 0 Å². The number of anilines is 1. The number of nitrogens with zero attached hydrogens (tertiary/aromatic N) is 2. The topological polar surface area (TPSA) is 62.3 Å². The van der Waals surface area contributed by atoms with E-state index >= 15 is 0 Å². The minimum absolute atomic E-state index is 0.0552. The molecule has 0 aliphatic carbocycles. The van der Waals surface area contributed by atoms with E-state index in [0.717, 1.165) is 19.3 Å². The zero-order valence-corrected chi connectivity index (χ0v) is 13.2. The van der Waals surface area contributed by atoms with E-state index in [4.69, 9.17) is 0 Å². The molecule has 1 fully saturated rings. The molecule has 0 aromatic carbocycles. The monoisotopic (exact) mass is 297 g/mol. The number of hydrogen-bond donors (Lipinski definition) is 1. The van der Waals surface area contributed by atoms with E-state index in [9.17, 15) is 8.42 Å². The molecule has 1 aliphatic rings. The van der Waals surface area contributed by atoms with Crippen LogP contribution in [0.2, 0.25) is 0 Å². The van der Waals surface area contributed by atoms with Gasteiger partial charge in [0.1, 0.15) is 4.90 Å². The molecule has 2 unspecified atom stereocenters. The third-order valence-corrected chi connectivity index (χ3v) is 5.98. The molecule has 0 spiro atoms. The van der Waals surface area contributed by atoms with Gasteiger partial charge in [-0.15, -0.1) is 0 Å². The van der Waals surface area contributed by atoms with Crippen molar-refractivity contribution in [2.24, 2.45) is 0 Å². The Bertz CT molecular complexity index is 559. The Morgan fingerprint density at radius 1 is 1.40 bits per heavy atom. The minimum atomic E-state index is -3.49. The van der Waals surface area contributed by atoms with E-state index in [1.165, 1.54) is 6.20 Å². The molecular weight excluding hydrogens is 274 g/mol. The van der Waals surface area contributed by atoms with Crippen LogP contribution < -0.4 is 5.32 Å². The number of rotatable bonds is 5. The Labute approximate surface area is 121 Å². The zero-order valence-electron chi connectivity index (χ0n) is 12.3. The van der Waals surface area contributed by atoms with Crippen LogP contribution in [0, 0.1) is 0 Å². The highest BCUT2D eigenvalue weighted by Gasteiger charge is 2.40. The maximum Gasteiger partial charge on any atom is 0.247 e. The number of aromatic nitrogens is 1. The number of nitrogens with one attached hydrogen (secondary N) is 1. The van der Waals surface area contributed by atoms with Gasteiger partial charge in [0.15, 0.2) is 0 Å². The molecule has 20 heavy (non-hydrogen) atoms. The first-order chi connectivity index (χ1) is 9.52. The minimum Gasteiger partial charge on any atom is -0.384 e. The van der Waals surface area contributed by atoms with Crippen LogP contribution in [-0.2, 0) is 10.0 Å². The summed E-state index contributed by atoms with van der Waals surface area (Å²) in [4.78, 5) is 4.28. The summed E-state index contributed by atoms with van der Waals surface area (Å²) in [5.74, 6) is 0. The van der Waals surface area contributed by atoms with Gasteiger partial charge >= 0.3 is 0 Å². The van der Waals surface area contributed by atoms with Gasteiger partial charge in [0.05, 0.1) is 5.69 Å². The van der Waals surface area contributed by atoms with E-state index in [0.29, 0.717) is 12.2 Å². The van der Waals surface area contributed by atoms with Gasteiger partial charge < -0.3 is 5.32 Å². The summed E-state index contributed by atoms with van der Waals surface area (Å²) in [5.41, 5.74) is 0.636. The summed E-state index contributed by atoms with van der Waals surface area (Å²) >= 11 is 0. The Kier molecular flexibility index (Phi) is 4.65. The first kappa shape index (κ1) is 15.3. The fourth-order valence-electron chi connectivity index (χ4n) is 2.90. The maximum absolute atomic E-state index is 13.0. The second-order valence-corrected chi connectivity index (χ2v) is 7.04. The number of pyridine rings is 1. The molecule has 1 saturated heterocycles. The maximum atomic E-state index is 13.0. The van der Waals surface area contributed by atoms with E-state index in [1.807, 2.05) is 20.8 Å². The molecule has 0 saturated carbocycles. The normalized spacial score (nSPS) is 23.9. The number of hydrogen-bond acceptors (Lipinski definition) is 4. The van der Waals surface area contributed by atoms with Crippen LogP contribution in [0.25, 0.3) is 0 Å². The van der Waals surface area contributed by atoms with Crippen LogP contribution in [0.3, 0.4) is 0 Å². The lowest BCUT2D eigenvalue weighted by Crippen LogP contribution is -2.39. The van der Waals surface area contributed by atoms with E-state index < -0.39 is 10.0 Å². The van der Waals surface area contributed by atoms with Gasteiger partial charge in [-0.25, -0.2) is 8.42 Å². The standard InChI is InChI=1S/C14H23N3O2S/c1-4-12-7-6-11(3)17(12)20(18,19)14-10-15-9-8-13(14)16-5-2/h8-12H,4-7H2,1-3H3,(H,15,16). The summed E-state index contributed by atoms with van der Waals surface area (Å²) in [7, 11) is -3.49. The highest BCUT2D eigenvalue weighted by molar-refractivity contribution is 7.89. The van der Waals surface area contributed by atoms with E-state index in [1.54, 1.807) is 16.6 Å². The van der Waals surface area contributed by atoms with Gasteiger partial charge in [-0.1, -0.05) is 6.92 Å². The van der Waals surface area contributed by atoms with Crippen molar-refractivity contribution < 1.29 is 8.42 Å². The Hall–Kier alpha value is -1.14. The van der Waals surface area contributed by atoms with E-state index in [2.05, 4.69) is 10.3 Å². The highest BCUT2D eigenvalue weighted by Crippen LogP contribution is 2.34. The molecule has 0 amide bonds. The lowest BCUT2D eigenvalue weighted by molar-refractivity contribution is 0.329. The summed E-state index contributed by atoms with van der Waals surface area (Å²) in [5, 5.41) is 3.11. The summed E-state index contributed by atoms with van der Waals surface area (Å²) in [6.07, 6.45) is 5.77. The highest BCUT2D eigenvalue weighted by atomic mass is 32.2. The van der Waals surface area contributed by atoms with Crippen molar-refractivity contribution in [3.63, 3.8) is 0 Å². The first-order valence-electron chi connectivity index (χ1n) is 7.23. The van der Waals surface area contributed by atoms with Crippen molar-refractivity contribution in [2.75, 3.05) is 11.9 Å². The van der Waals surface area contributed by atoms with E-state index in [-0.39, 0.29) is 17.0 Å². The van der Waals surface area contributed by atoms with Gasteiger partial charge in [0.2, 0.25) is 10.0 Å². The van der Waals surface area contributed by atoms with Gasteiger partial charge in [-0.05, 0) is 39.2 Å². The van der Waals surface area contributed by atoms with Gasteiger partial charge in [-0.3, -0.25) is 4.98 Å². The van der Waals surface area contributed by atoms with Crippen molar-refractivity contribution >= 4 is 15.7 Å². The van der Waals surface area contributed by atoms with Crippen LogP contribution in [0.5, 0.6) is 0 Å². The molecule has 2 heterocycles. The average Bonchev–Trinajstić information content (AvgIpc) is 2.81. The molecule has 1 N–H and O–H groups in total. The molecule has 5 nitrogen and oxygen atoms in total.